The molecule has 2 aromatic carbocycles. The van der Waals surface area contributed by atoms with Crippen molar-refractivity contribution in [3.8, 4) is 0 Å². The lowest BCUT2D eigenvalue weighted by Crippen LogP contribution is -2.57. The van der Waals surface area contributed by atoms with Crippen LogP contribution in [0, 0.1) is 11.8 Å². The van der Waals surface area contributed by atoms with E-state index < -0.39 is 66.1 Å². The van der Waals surface area contributed by atoms with E-state index in [1.807, 2.05) is 18.2 Å². The highest BCUT2D eigenvalue weighted by atomic mass is 79.9. The summed E-state index contributed by atoms with van der Waals surface area (Å²) in [6.07, 6.45) is 2.60. The van der Waals surface area contributed by atoms with Gasteiger partial charge in [0.2, 0.25) is 11.8 Å². The summed E-state index contributed by atoms with van der Waals surface area (Å²) >= 11 is 10.2. The van der Waals surface area contributed by atoms with Crippen molar-refractivity contribution in [1.82, 2.24) is 10.2 Å². The summed E-state index contributed by atoms with van der Waals surface area (Å²) in [7, 11) is 0. The van der Waals surface area contributed by atoms with Crippen molar-refractivity contribution in [3.05, 3.63) is 90.5 Å². The molecule has 1 unspecified atom stereocenters. The minimum absolute atomic E-state index is 0.1000. The monoisotopic (exact) mass is 727 g/mol. The van der Waals surface area contributed by atoms with Gasteiger partial charge in [-0.15, -0.1) is 13.2 Å². The normalized spacial score (nSPS) is 27.1. The van der Waals surface area contributed by atoms with E-state index in [0.717, 1.165) is 0 Å². The third-order valence-corrected chi connectivity index (χ3v) is 10.3. The molecule has 0 saturated carbocycles. The van der Waals surface area contributed by atoms with Crippen LogP contribution in [0.15, 0.2) is 79.9 Å². The zero-order chi connectivity index (χ0) is 33.9. The molecule has 3 heterocycles. The minimum Gasteiger partial charge on any atom is -0.455 e. The van der Waals surface area contributed by atoms with Gasteiger partial charge in [0.25, 0.3) is 5.91 Å². The van der Waals surface area contributed by atoms with Crippen LogP contribution in [0.4, 0.5) is 5.69 Å². The summed E-state index contributed by atoms with van der Waals surface area (Å²) < 4.78 is 12.8. The van der Waals surface area contributed by atoms with Gasteiger partial charge in [-0.05, 0) is 37.5 Å². The van der Waals surface area contributed by atoms with Crippen molar-refractivity contribution in [2.45, 2.75) is 60.9 Å². The van der Waals surface area contributed by atoms with E-state index in [4.69, 9.17) is 21.1 Å². The van der Waals surface area contributed by atoms with E-state index in [2.05, 4.69) is 34.4 Å². The number of aliphatic hydroxyl groups is 1. The molecular formula is C35H39BrClN3O7. The predicted octanol–water partition coefficient (Wildman–Crippen LogP) is 4.35. The fraction of sp³-hybridized carbons (Fsp3) is 0.429. The smallest absolute Gasteiger partial charge is 0.313 e. The molecule has 2 aromatic rings. The van der Waals surface area contributed by atoms with Gasteiger partial charge >= 0.3 is 5.97 Å². The number of aliphatic hydroxyl groups excluding tert-OH is 1. The Balaban J connectivity index is 1.49. The lowest BCUT2D eigenvalue weighted by Gasteiger charge is -2.37. The highest BCUT2D eigenvalue weighted by molar-refractivity contribution is 9.09. The Labute approximate surface area is 287 Å². The summed E-state index contributed by atoms with van der Waals surface area (Å²) in [5.41, 5.74) is -0.276. The number of para-hydroxylation sites is 1. The zero-order valence-corrected chi connectivity index (χ0v) is 28.4. The summed E-state index contributed by atoms with van der Waals surface area (Å²) in [5.74, 6) is -3.92. The first-order valence-electron chi connectivity index (χ1n) is 15.6. The molecule has 2 bridgehead atoms. The molecule has 5 rings (SSSR count). The maximum Gasteiger partial charge on any atom is 0.313 e. The third kappa shape index (κ3) is 6.50. The molecule has 12 heteroatoms. The number of esters is 1. The molecule has 0 radical (unpaired) electrons. The molecule has 10 nitrogen and oxygen atoms in total. The second-order valence-electron chi connectivity index (χ2n) is 12.1. The number of amides is 3. The number of rotatable bonds is 14. The fourth-order valence-electron chi connectivity index (χ4n) is 7.22. The number of β-amino-alcohol motifs (C(OH)–C–C–N with tert-alkyl or cyclic N) is 1. The van der Waals surface area contributed by atoms with Crippen LogP contribution < -0.4 is 10.2 Å². The molecule has 8 atom stereocenters. The molecule has 0 aromatic heterocycles. The summed E-state index contributed by atoms with van der Waals surface area (Å²) in [5, 5.41) is 13.3. The van der Waals surface area contributed by atoms with Gasteiger partial charge in [-0.2, -0.15) is 0 Å². The van der Waals surface area contributed by atoms with Crippen LogP contribution in [0.1, 0.15) is 37.9 Å². The molecule has 1 spiro atoms. The Hall–Kier alpha value is -3.51. The number of likely N-dealkylation sites (tertiary alicyclic amines) is 1. The van der Waals surface area contributed by atoms with Crippen LogP contribution in [-0.2, 0) is 28.7 Å². The average Bonchev–Trinajstić information content (AvgIpc) is 3.65. The summed E-state index contributed by atoms with van der Waals surface area (Å²) in [6, 6.07) is 14.2. The SMILES string of the molecule is C=CCCC(=O)N[C@H](C)[C@@H](OC(=O)[C@@H]1[C@H]2O[C@@]3(CC2Br)[C@H](C(=O)N(CC=C)c2ccccc2Cl)N(CCO)C(=O)[C@@H]13)c1ccccc1. The number of halogens is 2. The zero-order valence-electron chi connectivity index (χ0n) is 26.1. The molecule has 3 aliphatic heterocycles. The molecule has 0 aliphatic carbocycles. The van der Waals surface area contributed by atoms with Gasteiger partial charge in [0.1, 0.15) is 17.7 Å². The van der Waals surface area contributed by atoms with Crippen LogP contribution in [0.2, 0.25) is 5.02 Å². The number of carbonyl (C=O) groups is 4. The lowest BCUT2D eigenvalue weighted by molar-refractivity contribution is -0.162. The maximum absolute atomic E-state index is 14.5. The Bertz CT molecular complexity index is 1530. The van der Waals surface area contributed by atoms with Gasteiger partial charge in [-0.25, -0.2) is 0 Å². The van der Waals surface area contributed by atoms with Crippen LogP contribution in [0.5, 0.6) is 0 Å². The molecule has 250 valence electrons. The van der Waals surface area contributed by atoms with Crippen molar-refractivity contribution >= 4 is 56.9 Å². The second-order valence-corrected chi connectivity index (χ2v) is 13.6. The topological polar surface area (TPSA) is 125 Å². The Morgan fingerprint density at radius 1 is 1.19 bits per heavy atom. The lowest BCUT2D eigenvalue weighted by atomic mass is 9.70. The number of nitrogens with zero attached hydrogens (tertiary/aromatic N) is 2. The van der Waals surface area contributed by atoms with Crippen molar-refractivity contribution in [3.63, 3.8) is 0 Å². The van der Waals surface area contributed by atoms with E-state index in [1.54, 1.807) is 55.5 Å². The van der Waals surface area contributed by atoms with Gasteiger partial charge in [-0.1, -0.05) is 82.1 Å². The first kappa shape index (κ1) is 34.8. The van der Waals surface area contributed by atoms with Crippen LogP contribution in [0.3, 0.4) is 0 Å². The van der Waals surface area contributed by atoms with Crippen molar-refractivity contribution in [2.24, 2.45) is 11.8 Å². The third-order valence-electron chi connectivity index (χ3n) is 9.15. The Morgan fingerprint density at radius 2 is 1.89 bits per heavy atom. The number of carbonyl (C=O) groups excluding carboxylic acids is 4. The Morgan fingerprint density at radius 3 is 2.55 bits per heavy atom. The van der Waals surface area contributed by atoms with Gasteiger partial charge in [0.15, 0.2) is 0 Å². The van der Waals surface area contributed by atoms with Gasteiger partial charge < -0.3 is 29.7 Å². The number of nitrogens with one attached hydrogen (secondary N) is 1. The highest BCUT2D eigenvalue weighted by Crippen LogP contribution is 2.60. The number of hydrogen-bond acceptors (Lipinski definition) is 7. The van der Waals surface area contributed by atoms with Gasteiger partial charge in [0.05, 0.1) is 41.3 Å². The molecule has 3 amide bonds. The first-order valence-corrected chi connectivity index (χ1v) is 16.9. The van der Waals surface area contributed by atoms with Gasteiger partial charge in [-0.3, -0.25) is 19.2 Å². The van der Waals surface area contributed by atoms with Crippen molar-refractivity contribution in [2.75, 3.05) is 24.6 Å². The van der Waals surface area contributed by atoms with Gasteiger partial charge in [0, 0.05) is 24.3 Å². The molecular weight excluding hydrogens is 690 g/mol. The maximum atomic E-state index is 14.5. The van der Waals surface area contributed by atoms with E-state index in [0.29, 0.717) is 22.7 Å². The van der Waals surface area contributed by atoms with E-state index in [9.17, 15) is 24.3 Å². The summed E-state index contributed by atoms with van der Waals surface area (Å²) in [6.45, 7) is 8.78. The Kier molecular flexibility index (Phi) is 10.9. The molecule has 3 aliphatic rings. The second kappa shape index (κ2) is 14.7. The molecule has 3 fully saturated rings. The van der Waals surface area contributed by atoms with Crippen molar-refractivity contribution < 1.29 is 33.8 Å². The van der Waals surface area contributed by atoms with Crippen molar-refractivity contribution in [1.29, 1.82) is 0 Å². The fourth-order valence-corrected chi connectivity index (χ4v) is 8.40. The molecule has 47 heavy (non-hydrogen) atoms. The molecule has 3 saturated heterocycles. The number of benzene rings is 2. The van der Waals surface area contributed by atoms with E-state index in [1.165, 1.54) is 9.80 Å². The van der Waals surface area contributed by atoms with Crippen LogP contribution in [-0.4, -0.2) is 82.0 Å². The number of anilines is 1. The molecule has 2 N–H and O–H groups in total. The average molecular weight is 729 g/mol. The standard InChI is InChI=1S/C35H39BrClN3O7/c1-4-6-16-26(42)38-21(3)29(22-12-8-7-9-13-22)46-34(45)27-28-32(43)40(18-19-41)31(35(28)20-23(36)30(27)47-35)33(44)39(17-5-2)25-15-11-10-14-24(25)37/h4-5,7-15,21,23,27-31,41H,1-2,6,16-20H2,3H3,(H,38,42)/t21-,23?,27+,28-,29-,30+,31+,35-/m1/s1. The van der Waals surface area contributed by atoms with E-state index >= 15 is 0 Å². The van der Waals surface area contributed by atoms with E-state index in [-0.39, 0.29) is 36.7 Å². The first-order chi connectivity index (χ1) is 22.6. The summed E-state index contributed by atoms with van der Waals surface area (Å²) in [4.78, 5) is 58.1. The quantitative estimate of drug-likeness (QED) is 0.168. The van der Waals surface area contributed by atoms with Crippen LogP contribution >= 0.6 is 27.5 Å². The number of allylic oxidation sites excluding steroid dienone is 1. The number of ether oxygens (including phenoxy) is 2. The highest BCUT2D eigenvalue weighted by Gasteiger charge is 2.77. The number of alkyl halides is 1. The predicted molar refractivity (Wildman–Crippen MR) is 181 cm³/mol. The number of fused-ring (bicyclic) bond motifs is 1. The number of hydrogen-bond donors (Lipinski definition) is 2. The van der Waals surface area contributed by atoms with Crippen LogP contribution in [0.25, 0.3) is 0 Å². The largest absolute Gasteiger partial charge is 0.455 e. The minimum atomic E-state index is -1.38.